The zero-order valence-corrected chi connectivity index (χ0v) is 11.5. The number of fused-ring (bicyclic) bond motifs is 2. The van der Waals surface area contributed by atoms with Crippen LogP contribution in [0, 0.1) is 0 Å². The first-order valence-electron chi connectivity index (χ1n) is 6.62. The zero-order valence-electron chi connectivity index (χ0n) is 11.5. The number of hydrogen-bond donors (Lipinski definition) is 1. The molecule has 0 saturated heterocycles. The van der Waals surface area contributed by atoms with Crippen LogP contribution in [-0.2, 0) is 11.2 Å². The molecule has 0 amide bonds. The molecule has 1 N–H and O–H groups in total. The Labute approximate surface area is 121 Å². The Morgan fingerprint density at radius 3 is 2.48 bits per heavy atom. The summed E-state index contributed by atoms with van der Waals surface area (Å²) in [4.78, 5) is 20.9. The van der Waals surface area contributed by atoms with Gasteiger partial charge in [0, 0.05) is 6.61 Å². The molecule has 0 atom stereocenters. The number of para-hydroxylation sites is 2. The number of carbonyl (C=O) groups is 1. The topological polar surface area (TPSA) is 72.3 Å². The minimum atomic E-state index is -0.430. The highest BCUT2D eigenvalue weighted by molar-refractivity contribution is 6.03. The largest absolute Gasteiger partial charge is 0.465 e. The number of carbonyl (C=O) groups excluding carboxylic acids is 1. The molecule has 1 aromatic heterocycles. The lowest BCUT2D eigenvalue weighted by Crippen LogP contribution is -2.04. The molecule has 2 aromatic carbocycles. The minimum Gasteiger partial charge on any atom is -0.465 e. The van der Waals surface area contributed by atoms with Crippen molar-refractivity contribution in [3.8, 4) is 0 Å². The Bertz CT molecular complexity index is 830. The fraction of sp³-hybridized carbons (Fsp3) is 0.188. The van der Waals surface area contributed by atoms with E-state index in [-0.39, 0.29) is 6.61 Å². The van der Waals surface area contributed by atoms with Crippen LogP contribution in [0.15, 0.2) is 36.4 Å². The second kappa shape index (κ2) is 5.46. The van der Waals surface area contributed by atoms with E-state index in [2.05, 4.69) is 9.97 Å². The normalized spacial score (nSPS) is 11.0. The summed E-state index contributed by atoms with van der Waals surface area (Å²) in [6.45, 7) is 0.0566. The van der Waals surface area contributed by atoms with Gasteiger partial charge in [0.1, 0.15) is 5.52 Å². The average molecular weight is 282 g/mol. The SMILES string of the molecule is COC(=O)c1cccc2nc3c(CCO)cccc3nc12. The van der Waals surface area contributed by atoms with Gasteiger partial charge in [0.25, 0.3) is 0 Å². The monoisotopic (exact) mass is 282 g/mol. The molecule has 106 valence electrons. The summed E-state index contributed by atoms with van der Waals surface area (Å²) in [5, 5.41) is 9.13. The highest BCUT2D eigenvalue weighted by Crippen LogP contribution is 2.22. The number of nitrogens with zero attached hydrogens (tertiary/aromatic N) is 2. The standard InChI is InChI=1S/C16H14N2O3/c1-21-16(20)11-5-3-7-13-15(11)18-12-6-2-4-10(8-9-19)14(12)17-13/h2-7,19H,8-9H2,1H3. The molecule has 3 aromatic rings. The van der Waals surface area contributed by atoms with Gasteiger partial charge in [-0.25, -0.2) is 14.8 Å². The van der Waals surface area contributed by atoms with Crippen molar-refractivity contribution in [3.63, 3.8) is 0 Å². The fourth-order valence-electron chi connectivity index (χ4n) is 2.37. The predicted molar refractivity (Wildman–Crippen MR) is 79.2 cm³/mol. The molecule has 0 aliphatic heterocycles. The van der Waals surface area contributed by atoms with Crippen molar-refractivity contribution in [2.24, 2.45) is 0 Å². The minimum absolute atomic E-state index is 0.0566. The summed E-state index contributed by atoms with van der Waals surface area (Å²) >= 11 is 0. The number of rotatable bonds is 3. The third kappa shape index (κ3) is 2.32. The van der Waals surface area contributed by atoms with Crippen molar-refractivity contribution in [3.05, 3.63) is 47.5 Å². The number of benzene rings is 2. The molecule has 5 nitrogen and oxygen atoms in total. The molecular weight excluding hydrogens is 268 g/mol. The second-order valence-electron chi connectivity index (χ2n) is 4.65. The number of methoxy groups -OCH3 is 1. The Morgan fingerprint density at radius 2 is 1.76 bits per heavy atom. The van der Waals surface area contributed by atoms with Gasteiger partial charge in [0.05, 0.1) is 29.2 Å². The van der Waals surface area contributed by atoms with Gasteiger partial charge in [-0.2, -0.15) is 0 Å². The third-order valence-corrected chi connectivity index (χ3v) is 3.36. The summed E-state index contributed by atoms with van der Waals surface area (Å²) in [6, 6.07) is 10.9. The lowest BCUT2D eigenvalue weighted by Gasteiger charge is -2.08. The molecule has 0 fully saturated rings. The van der Waals surface area contributed by atoms with Crippen molar-refractivity contribution < 1.29 is 14.6 Å². The van der Waals surface area contributed by atoms with Crippen LogP contribution < -0.4 is 0 Å². The fourth-order valence-corrected chi connectivity index (χ4v) is 2.37. The first-order valence-corrected chi connectivity index (χ1v) is 6.62. The quantitative estimate of drug-likeness (QED) is 0.588. The van der Waals surface area contributed by atoms with Gasteiger partial charge in [0.15, 0.2) is 0 Å². The highest BCUT2D eigenvalue weighted by Gasteiger charge is 2.14. The number of aromatic nitrogens is 2. The number of aliphatic hydroxyl groups is 1. The van der Waals surface area contributed by atoms with E-state index in [4.69, 9.17) is 9.84 Å². The Hall–Kier alpha value is -2.53. The smallest absolute Gasteiger partial charge is 0.340 e. The average Bonchev–Trinajstić information content (AvgIpc) is 2.52. The Morgan fingerprint density at radius 1 is 1.10 bits per heavy atom. The highest BCUT2D eigenvalue weighted by atomic mass is 16.5. The maximum Gasteiger partial charge on any atom is 0.340 e. The van der Waals surface area contributed by atoms with Crippen LogP contribution in [0.4, 0.5) is 0 Å². The van der Waals surface area contributed by atoms with Crippen LogP contribution in [0.25, 0.3) is 22.1 Å². The molecule has 21 heavy (non-hydrogen) atoms. The summed E-state index contributed by atoms with van der Waals surface area (Å²) in [7, 11) is 1.34. The lowest BCUT2D eigenvalue weighted by molar-refractivity contribution is 0.0603. The van der Waals surface area contributed by atoms with E-state index in [0.717, 1.165) is 11.1 Å². The molecule has 1 heterocycles. The molecule has 0 aliphatic carbocycles. The molecule has 0 saturated carbocycles. The van der Waals surface area contributed by atoms with Crippen molar-refractivity contribution in [1.29, 1.82) is 0 Å². The van der Waals surface area contributed by atoms with Crippen LogP contribution in [0.1, 0.15) is 15.9 Å². The van der Waals surface area contributed by atoms with Gasteiger partial charge in [-0.1, -0.05) is 18.2 Å². The summed E-state index contributed by atoms with van der Waals surface area (Å²) < 4.78 is 4.78. The van der Waals surface area contributed by atoms with Crippen LogP contribution >= 0.6 is 0 Å². The number of ether oxygens (including phenoxy) is 1. The Kier molecular flexibility index (Phi) is 3.50. The lowest BCUT2D eigenvalue weighted by atomic mass is 10.1. The van der Waals surface area contributed by atoms with E-state index in [1.54, 1.807) is 12.1 Å². The van der Waals surface area contributed by atoms with Gasteiger partial charge in [0.2, 0.25) is 0 Å². The maximum atomic E-state index is 11.8. The summed E-state index contributed by atoms with van der Waals surface area (Å²) in [5.74, 6) is -0.430. The van der Waals surface area contributed by atoms with Crippen LogP contribution in [0.2, 0.25) is 0 Å². The van der Waals surface area contributed by atoms with E-state index in [1.807, 2.05) is 24.3 Å². The van der Waals surface area contributed by atoms with Gasteiger partial charge < -0.3 is 9.84 Å². The number of aliphatic hydroxyl groups excluding tert-OH is 1. The van der Waals surface area contributed by atoms with E-state index >= 15 is 0 Å². The maximum absolute atomic E-state index is 11.8. The summed E-state index contributed by atoms with van der Waals surface area (Å²) in [5.41, 5.74) is 3.95. The van der Waals surface area contributed by atoms with Crippen LogP contribution in [-0.4, -0.2) is 34.8 Å². The van der Waals surface area contributed by atoms with Gasteiger partial charge in [-0.15, -0.1) is 0 Å². The molecular formula is C16H14N2O3. The first-order chi connectivity index (χ1) is 10.2. The molecule has 0 bridgehead atoms. The third-order valence-electron chi connectivity index (χ3n) is 3.36. The van der Waals surface area contributed by atoms with Crippen molar-refractivity contribution in [1.82, 2.24) is 9.97 Å². The first kappa shape index (κ1) is 13.5. The summed E-state index contributed by atoms with van der Waals surface area (Å²) in [6.07, 6.45) is 0.522. The molecule has 0 spiro atoms. The van der Waals surface area contributed by atoms with E-state index in [9.17, 15) is 4.79 Å². The van der Waals surface area contributed by atoms with Crippen molar-refractivity contribution in [2.75, 3.05) is 13.7 Å². The van der Waals surface area contributed by atoms with Gasteiger partial charge in [-0.05, 0) is 30.2 Å². The Balaban J connectivity index is 2.32. The predicted octanol–water partition coefficient (Wildman–Crippen LogP) is 2.10. The van der Waals surface area contributed by atoms with E-state index in [1.165, 1.54) is 7.11 Å². The molecule has 0 aliphatic rings. The van der Waals surface area contributed by atoms with Crippen molar-refractivity contribution in [2.45, 2.75) is 6.42 Å². The molecule has 0 radical (unpaired) electrons. The van der Waals surface area contributed by atoms with Gasteiger partial charge >= 0.3 is 5.97 Å². The van der Waals surface area contributed by atoms with E-state index in [0.29, 0.717) is 28.5 Å². The van der Waals surface area contributed by atoms with E-state index < -0.39 is 5.97 Å². The second-order valence-corrected chi connectivity index (χ2v) is 4.65. The number of esters is 1. The van der Waals surface area contributed by atoms with Gasteiger partial charge in [-0.3, -0.25) is 0 Å². The molecule has 3 rings (SSSR count). The van der Waals surface area contributed by atoms with Crippen LogP contribution in [0.3, 0.4) is 0 Å². The molecule has 0 unspecified atom stereocenters. The zero-order chi connectivity index (χ0) is 14.8. The molecule has 5 heteroatoms. The van der Waals surface area contributed by atoms with Crippen molar-refractivity contribution >= 4 is 28.0 Å². The van der Waals surface area contributed by atoms with Crippen LogP contribution in [0.5, 0.6) is 0 Å². The number of hydrogen-bond acceptors (Lipinski definition) is 5.